The van der Waals surface area contributed by atoms with Crippen molar-refractivity contribution in [2.75, 3.05) is 6.26 Å². The van der Waals surface area contributed by atoms with Crippen LogP contribution in [0.15, 0.2) is 35.2 Å². The zero-order valence-corrected chi connectivity index (χ0v) is 14.6. The van der Waals surface area contributed by atoms with Crippen molar-refractivity contribution in [3.63, 3.8) is 0 Å². The first kappa shape index (κ1) is 16.8. The fraction of sp³-hybridized carbons (Fsp3) is 0.222. The summed E-state index contributed by atoms with van der Waals surface area (Å²) in [6, 6.07) is 10.6. The van der Waals surface area contributed by atoms with Crippen molar-refractivity contribution in [2.45, 2.75) is 23.4 Å². The number of carbonyl (C=O) groups excluding carboxylic acids is 1. The van der Waals surface area contributed by atoms with Crippen LogP contribution in [0.5, 0.6) is 11.5 Å². The van der Waals surface area contributed by atoms with Gasteiger partial charge in [-0.25, -0.2) is 4.39 Å². The molecule has 0 bridgehead atoms. The van der Waals surface area contributed by atoms with Gasteiger partial charge in [0.1, 0.15) is 11.5 Å². The summed E-state index contributed by atoms with van der Waals surface area (Å²) < 4.78 is 20.2. The Labute approximate surface area is 148 Å². The van der Waals surface area contributed by atoms with E-state index in [9.17, 15) is 9.18 Å². The molecule has 0 saturated carbocycles. The Bertz CT molecular complexity index is 889. The number of hydrogen-bond donors (Lipinski definition) is 0. The number of nitriles is 1. The second-order valence-corrected chi connectivity index (χ2v) is 7.03. The number of benzene rings is 2. The minimum atomic E-state index is -2.43. The Kier molecular flexibility index (Phi) is 4.29. The van der Waals surface area contributed by atoms with Gasteiger partial charge in [0.05, 0.1) is 11.6 Å². The van der Waals surface area contributed by atoms with Gasteiger partial charge in [0.25, 0.3) is 0 Å². The van der Waals surface area contributed by atoms with Gasteiger partial charge in [-0.2, -0.15) is 5.26 Å². The molecule has 0 N–H and O–H groups in total. The van der Waals surface area contributed by atoms with Gasteiger partial charge >= 0.3 is 0 Å². The molecule has 0 amide bonds. The highest BCUT2D eigenvalue weighted by molar-refractivity contribution is 7.98. The predicted octanol–water partition coefficient (Wildman–Crippen LogP) is 5.02. The van der Waals surface area contributed by atoms with Crippen LogP contribution in [0.2, 0.25) is 0 Å². The third-order valence-corrected chi connectivity index (χ3v) is 4.90. The maximum Gasteiger partial charge on any atom is 0.250 e. The van der Waals surface area contributed by atoms with E-state index in [0.717, 1.165) is 5.56 Å². The number of aryl methyl sites for hydroxylation is 1. The normalized spacial score (nSPS) is 19.0. The number of halogens is 2. The summed E-state index contributed by atoms with van der Waals surface area (Å²) >= 11 is 7.09. The Morgan fingerprint density at radius 1 is 1.38 bits per heavy atom. The molecule has 1 atom stereocenters. The SMILES string of the molecule is CSc1ccc(Oc2cc(C)cc(C#N)c2)c2c1C(=O)C(F)(Cl)C2. The molecule has 0 aromatic heterocycles. The first-order valence-electron chi connectivity index (χ1n) is 7.18. The second-order valence-electron chi connectivity index (χ2n) is 5.58. The third-order valence-electron chi connectivity index (χ3n) is 3.82. The summed E-state index contributed by atoms with van der Waals surface area (Å²) in [5.74, 6) is 0.116. The smallest absolute Gasteiger partial charge is 0.250 e. The summed E-state index contributed by atoms with van der Waals surface area (Å²) in [7, 11) is 0. The molecule has 6 heteroatoms. The second kappa shape index (κ2) is 6.12. The van der Waals surface area contributed by atoms with Crippen LogP contribution in [0.3, 0.4) is 0 Å². The number of ketones is 1. The van der Waals surface area contributed by atoms with Gasteiger partial charge < -0.3 is 4.74 Å². The quantitative estimate of drug-likeness (QED) is 0.568. The molecule has 24 heavy (non-hydrogen) atoms. The van der Waals surface area contributed by atoms with E-state index >= 15 is 0 Å². The van der Waals surface area contributed by atoms with Gasteiger partial charge in [0.2, 0.25) is 10.9 Å². The number of fused-ring (bicyclic) bond motifs is 1. The molecule has 0 saturated heterocycles. The molecule has 1 aliphatic carbocycles. The molecule has 122 valence electrons. The van der Waals surface area contributed by atoms with E-state index in [0.29, 0.717) is 27.5 Å². The van der Waals surface area contributed by atoms with E-state index < -0.39 is 10.9 Å². The highest BCUT2D eigenvalue weighted by atomic mass is 35.5. The molecule has 3 nitrogen and oxygen atoms in total. The van der Waals surface area contributed by atoms with Gasteiger partial charge in [-0.1, -0.05) is 11.6 Å². The van der Waals surface area contributed by atoms with Crippen molar-refractivity contribution in [3.8, 4) is 17.6 Å². The highest BCUT2D eigenvalue weighted by Gasteiger charge is 2.47. The lowest BCUT2D eigenvalue weighted by Crippen LogP contribution is -2.22. The number of ether oxygens (including phenoxy) is 1. The van der Waals surface area contributed by atoms with Crippen LogP contribution in [-0.4, -0.2) is 17.2 Å². The summed E-state index contributed by atoms with van der Waals surface area (Å²) in [5.41, 5.74) is 2.08. The first-order valence-corrected chi connectivity index (χ1v) is 8.78. The molecule has 0 heterocycles. The lowest BCUT2D eigenvalue weighted by Gasteiger charge is -2.12. The van der Waals surface area contributed by atoms with E-state index in [1.54, 1.807) is 30.3 Å². The van der Waals surface area contributed by atoms with Crippen molar-refractivity contribution in [3.05, 3.63) is 52.6 Å². The highest BCUT2D eigenvalue weighted by Crippen LogP contribution is 2.45. The van der Waals surface area contributed by atoms with E-state index in [1.807, 2.05) is 13.2 Å². The molecule has 0 radical (unpaired) electrons. The zero-order chi connectivity index (χ0) is 17.5. The van der Waals surface area contributed by atoms with Crippen LogP contribution in [0.25, 0.3) is 0 Å². The van der Waals surface area contributed by atoms with Gasteiger partial charge in [-0.3, -0.25) is 4.79 Å². The number of carbonyl (C=O) groups is 1. The Morgan fingerprint density at radius 3 is 2.79 bits per heavy atom. The average Bonchev–Trinajstić information content (AvgIpc) is 2.78. The van der Waals surface area contributed by atoms with Crippen molar-refractivity contribution in [1.29, 1.82) is 5.26 Å². The third kappa shape index (κ3) is 2.88. The monoisotopic (exact) mass is 361 g/mol. The minimum absolute atomic E-state index is 0.233. The van der Waals surface area contributed by atoms with Crippen LogP contribution in [0, 0.1) is 18.3 Å². The molecule has 2 aromatic carbocycles. The Balaban J connectivity index is 2.08. The topological polar surface area (TPSA) is 50.1 Å². The van der Waals surface area contributed by atoms with Gasteiger partial charge in [-0.05, 0) is 49.1 Å². The fourth-order valence-electron chi connectivity index (χ4n) is 2.78. The Morgan fingerprint density at radius 2 is 2.12 bits per heavy atom. The summed E-state index contributed by atoms with van der Waals surface area (Å²) in [5, 5.41) is 6.63. The minimum Gasteiger partial charge on any atom is -0.457 e. The standard InChI is InChI=1S/C18H13ClFNO2S/c1-10-5-11(9-21)7-12(6-10)23-14-3-4-15(24-2)16-13(14)8-18(19,20)17(16)22/h3-7H,8H2,1-2H3. The maximum atomic E-state index is 14.3. The molecule has 1 aliphatic rings. The van der Waals surface area contributed by atoms with Crippen LogP contribution >= 0.6 is 23.4 Å². The molecular weight excluding hydrogens is 349 g/mol. The number of alkyl halides is 2. The van der Waals surface area contributed by atoms with E-state index in [2.05, 4.69) is 6.07 Å². The number of hydrogen-bond acceptors (Lipinski definition) is 4. The summed E-state index contributed by atoms with van der Waals surface area (Å²) in [6.45, 7) is 1.85. The lowest BCUT2D eigenvalue weighted by atomic mass is 10.1. The molecular formula is C18H13ClFNO2S. The summed E-state index contributed by atoms with van der Waals surface area (Å²) in [6.07, 6.45) is 1.58. The van der Waals surface area contributed by atoms with Crippen LogP contribution in [0.1, 0.15) is 27.0 Å². The molecule has 0 fully saturated rings. The fourth-order valence-corrected chi connectivity index (χ4v) is 3.63. The molecule has 2 aromatic rings. The van der Waals surface area contributed by atoms with Crippen molar-refractivity contribution in [2.24, 2.45) is 0 Å². The van der Waals surface area contributed by atoms with Gasteiger partial charge in [0, 0.05) is 22.4 Å². The van der Waals surface area contributed by atoms with Crippen molar-refractivity contribution in [1.82, 2.24) is 0 Å². The van der Waals surface area contributed by atoms with E-state index in [1.165, 1.54) is 11.8 Å². The molecule has 3 rings (SSSR count). The van der Waals surface area contributed by atoms with Crippen LogP contribution in [-0.2, 0) is 6.42 Å². The number of thioether (sulfide) groups is 1. The Hall–Kier alpha value is -2.03. The van der Waals surface area contributed by atoms with Crippen LogP contribution < -0.4 is 4.74 Å². The molecule has 0 spiro atoms. The van der Waals surface area contributed by atoms with Crippen molar-refractivity contribution < 1.29 is 13.9 Å². The largest absolute Gasteiger partial charge is 0.457 e. The number of nitrogens with zero attached hydrogens (tertiary/aromatic N) is 1. The number of Topliss-reactive ketones (excluding diaryl/α,β-unsaturated/α-hetero) is 1. The summed E-state index contributed by atoms with van der Waals surface area (Å²) in [4.78, 5) is 12.9. The van der Waals surface area contributed by atoms with E-state index in [-0.39, 0.29) is 12.0 Å². The average molecular weight is 362 g/mol. The van der Waals surface area contributed by atoms with Gasteiger partial charge in [0.15, 0.2) is 0 Å². The lowest BCUT2D eigenvalue weighted by molar-refractivity contribution is 0.0852. The van der Waals surface area contributed by atoms with Crippen LogP contribution in [0.4, 0.5) is 4.39 Å². The number of rotatable bonds is 3. The predicted molar refractivity (Wildman–Crippen MR) is 91.9 cm³/mol. The first-order chi connectivity index (χ1) is 11.4. The molecule has 1 unspecified atom stereocenters. The zero-order valence-electron chi connectivity index (χ0n) is 13.0. The van der Waals surface area contributed by atoms with E-state index in [4.69, 9.17) is 21.6 Å². The van der Waals surface area contributed by atoms with Gasteiger partial charge in [-0.15, -0.1) is 11.8 Å². The van der Waals surface area contributed by atoms with Crippen molar-refractivity contribution >= 4 is 29.1 Å². The molecule has 0 aliphatic heterocycles. The maximum absolute atomic E-state index is 14.3.